The van der Waals surface area contributed by atoms with E-state index in [-0.39, 0.29) is 11.9 Å². The number of carbonyl (C=O) groups is 1. The number of hydrogen-bond acceptors (Lipinski definition) is 1. The first-order chi connectivity index (χ1) is 10.1. The molecule has 1 aromatic rings. The highest BCUT2D eigenvalue weighted by molar-refractivity contribution is 6.30. The monoisotopic (exact) mass is 309 g/mol. The Morgan fingerprint density at radius 3 is 2.38 bits per heavy atom. The highest BCUT2D eigenvalue weighted by Crippen LogP contribution is 2.15. The first-order valence-electron chi connectivity index (χ1n) is 8.14. The maximum atomic E-state index is 12.0. The van der Waals surface area contributed by atoms with Crippen LogP contribution in [0.15, 0.2) is 30.3 Å². The summed E-state index contributed by atoms with van der Waals surface area (Å²) in [7, 11) is 0. The Morgan fingerprint density at radius 1 is 1.10 bits per heavy atom. The Morgan fingerprint density at radius 2 is 1.71 bits per heavy atom. The van der Waals surface area contributed by atoms with Gasteiger partial charge in [0.05, 0.1) is 6.04 Å². The number of alkyl halides is 1. The van der Waals surface area contributed by atoms with Crippen molar-refractivity contribution >= 4 is 17.5 Å². The predicted octanol–water partition coefficient (Wildman–Crippen LogP) is 5.22. The molecule has 0 aromatic heterocycles. The number of rotatable bonds is 10. The Balaban J connectivity index is 2.22. The summed E-state index contributed by atoms with van der Waals surface area (Å²) >= 11 is 6.19. The number of benzene rings is 1. The summed E-state index contributed by atoms with van der Waals surface area (Å²) in [6, 6.07) is 9.97. The van der Waals surface area contributed by atoms with Gasteiger partial charge in [-0.2, -0.15) is 0 Å². The highest BCUT2D eigenvalue weighted by atomic mass is 35.5. The summed E-state index contributed by atoms with van der Waals surface area (Å²) in [5.41, 5.74) is 1.11. The van der Waals surface area contributed by atoms with Gasteiger partial charge in [-0.1, -0.05) is 75.8 Å². The van der Waals surface area contributed by atoms with Gasteiger partial charge in [-0.3, -0.25) is 4.79 Å². The van der Waals surface area contributed by atoms with E-state index in [0.29, 0.717) is 0 Å². The van der Waals surface area contributed by atoms with Crippen molar-refractivity contribution in [1.82, 2.24) is 5.32 Å². The van der Waals surface area contributed by atoms with E-state index in [4.69, 9.17) is 11.6 Å². The normalized spacial score (nSPS) is 13.7. The molecule has 0 radical (unpaired) electrons. The molecule has 1 rings (SSSR count). The van der Waals surface area contributed by atoms with E-state index in [2.05, 4.69) is 12.2 Å². The molecule has 3 heteroatoms. The molecule has 2 atom stereocenters. The Labute approximate surface area is 134 Å². The maximum absolute atomic E-state index is 12.0. The summed E-state index contributed by atoms with van der Waals surface area (Å²) in [6.07, 6.45) is 8.08. The number of nitrogens with one attached hydrogen (secondary N) is 1. The molecule has 0 saturated heterocycles. The molecule has 0 bridgehead atoms. The van der Waals surface area contributed by atoms with Gasteiger partial charge in [0.25, 0.3) is 0 Å². The third-order valence-corrected chi connectivity index (χ3v) is 4.17. The zero-order valence-electron chi connectivity index (χ0n) is 13.3. The van der Waals surface area contributed by atoms with E-state index in [9.17, 15) is 4.79 Å². The van der Waals surface area contributed by atoms with Gasteiger partial charge in [0.2, 0.25) is 5.91 Å². The molecule has 2 nitrogen and oxygen atoms in total. The summed E-state index contributed by atoms with van der Waals surface area (Å²) in [6.45, 7) is 4.20. The van der Waals surface area contributed by atoms with Crippen LogP contribution in [0.2, 0.25) is 0 Å². The van der Waals surface area contributed by atoms with Gasteiger partial charge in [-0.05, 0) is 18.9 Å². The second-order valence-electron chi connectivity index (χ2n) is 5.66. The third kappa shape index (κ3) is 7.52. The van der Waals surface area contributed by atoms with Gasteiger partial charge >= 0.3 is 0 Å². The standard InChI is InChI=1S/C18H28ClNO/c1-3-4-5-6-7-11-14-17(19)18(21)20-15(2)16-12-9-8-10-13-16/h8-10,12-13,15,17H,3-7,11,14H2,1-2H3,(H,20,21)/t15-,17?/m0/s1. The predicted molar refractivity (Wildman–Crippen MR) is 90.6 cm³/mol. The summed E-state index contributed by atoms with van der Waals surface area (Å²) < 4.78 is 0. The van der Waals surface area contributed by atoms with Crippen molar-refractivity contribution in [3.8, 4) is 0 Å². The Kier molecular flexibility index (Phi) is 9.16. The molecule has 1 N–H and O–H groups in total. The lowest BCUT2D eigenvalue weighted by Gasteiger charge is -2.17. The number of halogens is 1. The average Bonchev–Trinajstić information content (AvgIpc) is 2.51. The topological polar surface area (TPSA) is 29.1 Å². The van der Waals surface area contributed by atoms with Crippen molar-refractivity contribution in [2.75, 3.05) is 0 Å². The van der Waals surface area contributed by atoms with Gasteiger partial charge in [0, 0.05) is 0 Å². The number of hydrogen-bond donors (Lipinski definition) is 1. The summed E-state index contributed by atoms with van der Waals surface area (Å²) in [4.78, 5) is 12.0. The van der Waals surface area contributed by atoms with E-state index >= 15 is 0 Å². The van der Waals surface area contributed by atoms with Crippen LogP contribution in [0.4, 0.5) is 0 Å². The Hall–Kier alpha value is -1.02. The molecule has 1 aromatic carbocycles. The van der Waals surface area contributed by atoms with Gasteiger partial charge in [-0.25, -0.2) is 0 Å². The van der Waals surface area contributed by atoms with Crippen molar-refractivity contribution in [3.05, 3.63) is 35.9 Å². The molecule has 1 amide bonds. The minimum Gasteiger partial charge on any atom is -0.348 e. The average molecular weight is 310 g/mol. The molecular formula is C18H28ClNO. The Bertz CT molecular complexity index is 393. The fourth-order valence-electron chi connectivity index (χ4n) is 2.36. The van der Waals surface area contributed by atoms with Crippen LogP contribution in [0.25, 0.3) is 0 Å². The maximum Gasteiger partial charge on any atom is 0.238 e. The van der Waals surface area contributed by atoms with Crippen LogP contribution in [0.1, 0.15) is 70.4 Å². The molecule has 118 valence electrons. The SMILES string of the molecule is CCCCCCCCC(Cl)C(=O)N[C@@H](C)c1ccccc1. The molecule has 0 heterocycles. The zero-order chi connectivity index (χ0) is 15.5. The van der Waals surface area contributed by atoms with E-state index in [1.54, 1.807) is 0 Å². The molecule has 0 fully saturated rings. The molecule has 0 aliphatic heterocycles. The van der Waals surface area contributed by atoms with E-state index in [1.807, 2.05) is 37.3 Å². The van der Waals surface area contributed by atoms with Crippen molar-refractivity contribution in [3.63, 3.8) is 0 Å². The van der Waals surface area contributed by atoms with E-state index in [1.165, 1.54) is 32.1 Å². The van der Waals surface area contributed by atoms with Crippen LogP contribution in [0, 0.1) is 0 Å². The minimum absolute atomic E-state index is 0.00417. The van der Waals surface area contributed by atoms with Gasteiger partial charge < -0.3 is 5.32 Å². The van der Waals surface area contributed by atoms with Crippen LogP contribution in [0.5, 0.6) is 0 Å². The molecule has 0 aliphatic rings. The van der Waals surface area contributed by atoms with Crippen molar-refractivity contribution in [2.24, 2.45) is 0 Å². The van der Waals surface area contributed by atoms with Gasteiger partial charge in [-0.15, -0.1) is 11.6 Å². The van der Waals surface area contributed by atoms with E-state index < -0.39 is 5.38 Å². The smallest absolute Gasteiger partial charge is 0.238 e. The van der Waals surface area contributed by atoms with Crippen LogP contribution < -0.4 is 5.32 Å². The lowest BCUT2D eigenvalue weighted by Crippen LogP contribution is -2.33. The number of amides is 1. The lowest BCUT2D eigenvalue weighted by molar-refractivity contribution is -0.121. The quantitative estimate of drug-likeness (QED) is 0.466. The van der Waals surface area contributed by atoms with Crippen LogP contribution in [0.3, 0.4) is 0 Å². The number of unbranched alkanes of at least 4 members (excludes halogenated alkanes) is 5. The minimum atomic E-state index is -0.415. The summed E-state index contributed by atoms with van der Waals surface area (Å²) in [5, 5.41) is 2.57. The van der Waals surface area contributed by atoms with Gasteiger partial charge in [0.1, 0.15) is 5.38 Å². The van der Waals surface area contributed by atoms with Crippen LogP contribution in [-0.2, 0) is 4.79 Å². The molecule has 0 saturated carbocycles. The first-order valence-corrected chi connectivity index (χ1v) is 8.58. The van der Waals surface area contributed by atoms with E-state index in [0.717, 1.165) is 18.4 Å². The molecule has 0 aliphatic carbocycles. The largest absolute Gasteiger partial charge is 0.348 e. The second-order valence-corrected chi connectivity index (χ2v) is 6.19. The molecule has 1 unspecified atom stereocenters. The van der Waals surface area contributed by atoms with Crippen molar-refractivity contribution in [2.45, 2.75) is 70.2 Å². The van der Waals surface area contributed by atoms with Crippen molar-refractivity contribution in [1.29, 1.82) is 0 Å². The first kappa shape index (κ1) is 18.0. The molecule has 21 heavy (non-hydrogen) atoms. The molecular weight excluding hydrogens is 282 g/mol. The number of carbonyl (C=O) groups excluding carboxylic acids is 1. The van der Waals surface area contributed by atoms with Crippen molar-refractivity contribution < 1.29 is 4.79 Å². The fraction of sp³-hybridized carbons (Fsp3) is 0.611. The third-order valence-electron chi connectivity index (χ3n) is 3.75. The van der Waals surface area contributed by atoms with Crippen LogP contribution in [-0.4, -0.2) is 11.3 Å². The fourth-order valence-corrected chi connectivity index (χ4v) is 2.58. The highest BCUT2D eigenvalue weighted by Gasteiger charge is 2.17. The zero-order valence-corrected chi connectivity index (χ0v) is 14.0. The summed E-state index contributed by atoms with van der Waals surface area (Å²) in [5.74, 6) is -0.0541. The van der Waals surface area contributed by atoms with Crippen LogP contribution >= 0.6 is 11.6 Å². The lowest BCUT2D eigenvalue weighted by atomic mass is 10.1. The second kappa shape index (κ2) is 10.7. The van der Waals surface area contributed by atoms with Gasteiger partial charge in [0.15, 0.2) is 0 Å². The molecule has 0 spiro atoms.